The van der Waals surface area contributed by atoms with Crippen molar-refractivity contribution >= 4 is 5.91 Å². The molecule has 2 rings (SSSR count). The molecule has 1 amide bonds. The molecule has 1 aliphatic rings. The van der Waals surface area contributed by atoms with Crippen molar-refractivity contribution in [2.45, 2.75) is 38.6 Å². The second-order valence-corrected chi connectivity index (χ2v) is 5.20. The lowest BCUT2D eigenvalue weighted by Crippen LogP contribution is -2.34. The number of amides is 1. The highest BCUT2D eigenvalue weighted by Gasteiger charge is 2.33. The quantitative estimate of drug-likeness (QED) is 0.846. The van der Waals surface area contributed by atoms with Gasteiger partial charge in [0.25, 0.3) is 5.91 Å². The lowest BCUT2D eigenvalue weighted by molar-refractivity contribution is 0.0738. The zero-order valence-corrected chi connectivity index (χ0v) is 12.2. The van der Waals surface area contributed by atoms with E-state index in [0.29, 0.717) is 18.5 Å². The van der Waals surface area contributed by atoms with Crippen LogP contribution in [0.4, 0.5) is 4.39 Å². The van der Waals surface area contributed by atoms with Crippen molar-refractivity contribution in [3.8, 4) is 11.8 Å². The first kappa shape index (κ1) is 15.5. The highest BCUT2D eigenvalue weighted by molar-refractivity contribution is 5.95. The van der Waals surface area contributed by atoms with Crippen molar-refractivity contribution in [3.05, 3.63) is 35.1 Å². The molecule has 112 valence electrons. The second-order valence-electron chi connectivity index (χ2n) is 5.20. The van der Waals surface area contributed by atoms with Crippen molar-refractivity contribution in [3.63, 3.8) is 0 Å². The van der Waals surface area contributed by atoms with Gasteiger partial charge >= 0.3 is 0 Å². The molecule has 1 aromatic carbocycles. The predicted octanol–water partition coefficient (Wildman–Crippen LogP) is 2.57. The number of aliphatic hydroxyl groups excluding tert-OH is 1. The summed E-state index contributed by atoms with van der Waals surface area (Å²) in [6, 6.07) is 4.61. The van der Waals surface area contributed by atoms with E-state index in [0.717, 1.165) is 19.3 Å². The molecule has 0 spiro atoms. The molecule has 0 aromatic heterocycles. The molecule has 3 nitrogen and oxygen atoms in total. The number of carbonyl (C=O) groups excluding carboxylic acids is 1. The minimum absolute atomic E-state index is 0.00800. The molecule has 4 heteroatoms. The standard InChI is InChI=1S/C17H20FNO2/c1-2-10-19(14-7-8-14)17(21)15-12-13(5-3-4-11-20)6-9-16(15)18/h6,9,12,14,20H,2,4,7-8,10-11H2,1H3. The van der Waals surface area contributed by atoms with E-state index in [1.165, 1.54) is 12.1 Å². The molecule has 1 fully saturated rings. The summed E-state index contributed by atoms with van der Waals surface area (Å²) in [6.07, 6.45) is 3.23. The zero-order valence-electron chi connectivity index (χ0n) is 12.2. The Kier molecular flexibility index (Phi) is 5.35. The first-order valence-electron chi connectivity index (χ1n) is 7.37. The largest absolute Gasteiger partial charge is 0.395 e. The number of hydrogen-bond donors (Lipinski definition) is 1. The molecule has 0 unspecified atom stereocenters. The van der Waals surface area contributed by atoms with E-state index in [9.17, 15) is 9.18 Å². The fourth-order valence-electron chi connectivity index (χ4n) is 2.22. The van der Waals surface area contributed by atoms with Gasteiger partial charge in [0, 0.05) is 24.6 Å². The van der Waals surface area contributed by atoms with Crippen LogP contribution in [0.15, 0.2) is 18.2 Å². The lowest BCUT2D eigenvalue weighted by Gasteiger charge is -2.22. The van der Waals surface area contributed by atoms with E-state index in [1.54, 1.807) is 11.0 Å². The third kappa shape index (κ3) is 4.05. The summed E-state index contributed by atoms with van der Waals surface area (Å²) in [5.41, 5.74) is 0.687. The minimum atomic E-state index is -0.505. The van der Waals surface area contributed by atoms with Gasteiger partial charge in [-0.25, -0.2) is 4.39 Å². The lowest BCUT2D eigenvalue weighted by atomic mass is 10.1. The van der Waals surface area contributed by atoms with Crippen molar-refractivity contribution < 1.29 is 14.3 Å². The van der Waals surface area contributed by atoms with Crippen molar-refractivity contribution in [1.82, 2.24) is 4.90 Å². The smallest absolute Gasteiger partial charge is 0.257 e. The predicted molar refractivity (Wildman–Crippen MR) is 79.3 cm³/mol. The minimum Gasteiger partial charge on any atom is -0.395 e. The molecular weight excluding hydrogens is 269 g/mol. The van der Waals surface area contributed by atoms with E-state index in [2.05, 4.69) is 11.8 Å². The van der Waals surface area contributed by atoms with Gasteiger partial charge in [0.05, 0.1) is 12.2 Å². The third-order valence-electron chi connectivity index (χ3n) is 3.38. The molecule has 1 aromatic rings. The first-order valence-corrected chi connectivity index (χ1v) is 7.37. The molecule has 0 atom stereocenters. The van der Waals surface area contributed by atoms with Crippen LogP contribution >= 0.6 is 0 Å². The first-order chi connectivity index (χ1) is 10.2. The second kappa shape index (κ2) is 7.24. The van der Waals surface area contributed by atoms with E-state index in [4.69, 9.17) is 5.11 Å². The summed E-state index contributed by atoms with van der Waals surface area (Å²) >= 11 is 0. The van der Waals surface area contributed by atoms with Crippen LogP contribution in [0, 0.1) is 17.7 Å². The van der Waals surface area contributed by atoms with Crippen LogP contribution in [0.1, 0.15) is 48.5 Å². The van der Waals surface area contributed by atoms with Crippen molar-refractivity contribution in [1.29, 1.82) is 0 Å². The molecule has 1 N–H and O–H groups in total. The van der Waals surface area contributed by atoms with Gasteiger partial charge in [-0.15, -0.1) is 0 Å². The number of rotatable bonds is 5. The van der Waals surface area contributed by atoms with Gasteiger partial charge in [-0.3, -0.25) is 4.79 Å². The Morgan fingerprint density at radius 1 is 1.48 bits per heavy atom. The van der Waals surface area contributed by atoms with Gasteiger partial charge in [-0.2, -0.15) is 0 Å². The summed E-state index contributed by atoms with van der Waals surface area (Å²) in [5, 5.41) is 8.71. The van der Waals surface area contributed by atoms with Crippen LogP contribution in [0.5, 0.6) is 0 Å². The Bertz CT molecular complexity index is 570. The van der Waals surface area contributed by atoms with Crippen LogP contribution < -0.4 is 0 Å². The Labute approximate surface area is 124 Å². The highest BCUT2D eigenvalue weighted by atomic mass is 19.1. The van der Waals surface area contributed by atoms with Crippen LogP contribution in [0.2, 0.25) is 0 Å². The maximum Gasteiger partial charge on any atom is 0.257 e. The number of hydrogen-bond acceptors (Lipinski definition) is 2. The van der Waals surface area contributed by atoms with Crippen molar-refractivity contribution in [2.75, 3.05) is 13.2 Å². The fraction of sp³-hybridized carbons (Fsp3) is 0.471. The Hall–Kier alpha value is -1.86. The van der Waals surface area contributed by atoms with Crippen LogP contribution in [0.25, 0.3) is 0 Å². The van der Waals surface area contributed by atoms with E-state index < -0.39 is 5.82 Å². The van der Waals surface area contributed by atoms with E-state index >= 15 is 0 Å². The topological polar surface area (TPSA) is 40.5 Å². The SMILES string of the molecule is CCCN(C(=O)c1cc(C#CCCO)ccc1F)C1CC1. The van der Waals surface area contributed by atoms with Gasteiger partial charge in [-0.05, 0) is 37.5 Å². The number of nitrogens with zero attached hydrogens (tertiary/aromatic N) is 1. The Morgan fingerprint density at radius 3 is 2.86 bits per heavy atom. The van der Waals surface area contributed by atoms with Gasteiger partial charge in [0.15, 0.2) is 0 Å². The summed E-state index contributed by atoms with van der Waals surface area (Å²) < 4.78 is 14.0. The molecule has 0 radical (unpaired) electrons. The average Bonchev–Trinajstić information content (AvgIpc) is 3.30. The number of aliphatic hydroxyl groups is 1. The molecule has 0 saturated heterocycles. The molecule has 1 aliphatic carbocycles. The zero-order chi connectivity index (χ0) is 15.2. The summed E-state index contributed by atoms with van der Waals surface area (Å²) in [5.74, 6) is 4.86. The number of halogens is 1. The Morgan fingerprint density at radius 2 is 2.24 bits per heavy atom. The highest BCUT2D eigenvalue weighted by Crippen LogP contribution is 2.29. The van der Waals surface area contributed by atoms with Gasteiger partial charge in [0.1, 0.15) is 5.82 Å². The molecular formula is C17H20FNO2. The molecule has 0 aliphatic heterocycles. The number of carbonyl (C=O) groups is 1. The van der Waals surface area contributed by atoms with Crippen LogP contribution in [-0.4, -0.2) is 35.1 Å². The Balaban J connectivity index is 2.23. The van der Waals surface area contributed by atoms with Crippen LogP contribution in [0.3, 0.4) is 0 Å². The fourth-order valence-corrected chi connectivity index (χ4v) is 2.22. The van der Waals surface area contributed by atoms with E-state index in [1.807, 2.05) is 6.92 Å². The van der Waals surface area contributed by atoms with Crippen molar-refractivity contribution in [2.24, 2.45) is 0 Å². The molecule has 1 saturated carbocycles. The normalized spacial score (nSPS) is 13.5. The molecule has 0 heterocycles. The third-order valence-corrected chi connectivity index (χ3v) is 3.38. The summed E-state index contributed by atoms with van der Waals surface area (Å²) in [6.45, 7) is 2.66. The summed E-state index contributed by atoms with van der Waals surface area (Å²) in [4.78, 5) is 14.3. The van der Waals surface area contributed by atoms with E-state index in [-0.39, 0.29) is 24.1 Å². The maximum atomic E-state index is 14.0. The maximum absolute atomic E-state index is 14.0. The van der Waals surface area contributed by atoms with Gasteiger partial charge in [-0.1, -0.05) is 18.8 Å². The van der Waals surface area contributed by atoms with Gasteiger partial charge < -0.3 is 10.0 Å². The van der Waals surface area contributed by atoms with Gasteiger partial charge in [0.2, 0.25) is 0 Å². The molecule has 0 bridgehead atoms. The molecule has 21 heavy (non-hydrogen) atoms. The monoisotopic (exact) mass is 289 g/mol. The summed E-state index contributed by atoms with van der Waals surface area (Å²) in [7, 11) is 0. The average molecular weight is 289 g/mol. The number of benzene rings is 1. The van der Waals surface area contributed by atoms with Crippen LogP contribution in [-0.2, 0) is 0 Å².